The minimum atomic E-state index is -4.37. The molecule has 17 nitrogen and oxygen atoms in total. The molecule has 3 aromatic heterocycles. The van der Waals surface area contributed by atoms with E-state index in [1.54, 1.807) is 50.6 Å². The molecular formula is C37H40N8O9S. The molecule has 288 valence electrons. The number of benzene rings is 1. The van der Waals surface area contributed by atoms with Crippen LogP contribution in [0.2, 0.25) is 0 Å². The number of nitrogens with zero attached hydrogens (tertiary/aromatic N) is 7. The number of pyridine rings is 1. The molecular weight excluding hydrogens is 733 g/mol. The van der Waals surface area contributed by atoms with Crippen LogP contribution in [-0.4, -0.2) is 92.6 Å². The van der Waals surface area contributed by atoms with E-state index in [2.05, 4.69) is 20.3 Å². The summed E-state index contributed by atoms with van der Waals surface area (Å²) < 4.78 is 34.7. The highest BCUT2D eigenvalue weighted by Crippen LogP contribution is 2.47. The molecule has 0 bridgehead atoms. The van der Waals surface area contributed by atoms with E-state index in [0.29, 0.717) is 23.6 Å². The second kappa shape index (κ2) is 13.7. The summed E-state index contributed by atoms with van der Waals surface area (Å²) in [5.74, 6) is -1.90. The minimum Gasteiger partial charge on any atom is -0.465 e. The third kappa shape index (κ3) is 7.85. The maximum atomic E-state index is 13.8. The monoisotopic (exact) mass is 772 g/mol. The van der Waals surface area contributed by atoms with Crippen LogP contribution in [0.5, 0.6) is 0 Å². The molecule has 3 aliphatic rings. The Hall–Kier alpha value is -5.91. The van der Waals surface area contributed by atoms with Crippen molar-refractivity contribution >= 4 is 62.5 Å². The van der Waals surface area contributed by atoms with Crippen molar-refractivity contribution in [2.24, 2.45) is 5.92 Å². The van der Waals surface area contributed by atoms with Crippen LogP contribution >= 0.6 is 0 Å². The number of anilines is 3. The first-order valence-electron chi connectivity index (χ1n) is 17.7. The molecule has 3 fully saturated rings. The molecule has 2 atom stereocenters. The fourth-order valence-corrected chi connectivity index (χ4v) is 8.07. The van der Waals surface area contributed by atoms with Crippen LogP contribution < -0.4 is 15.1 Å². The van der Waals surface area contributed by atoms with Crippen LogP contribution in [-0.2, 0) is 30.7 Å². The van der Waals surface area contributed by atoms with E-state index in [-0.39, 0.29) is 47.9 Å². The van der Waals surface area contributed by atoms with Crippen LogP contribution in [0.1, 0.15) is 74.6 Å². The van der Waals surface area contributed by atoms with Gasteiger partial charge in [-0.2, -0.15) is 0 Å². The number of fused-ring (bicyclic) bond motifs is 1. The Balaban J connectivity index is 1.19. The molecule has 4 heterocycles. The van der Waals surface area contributed by atoms with Crippen molar-refractivity contribution in [2.45, 2.75) is 75.8 Å². The normalized spacial score (nSPS) is 18.5. The number of carbonyl (C=O) groups excluding carboxylic acids is 4. The van der Waals surface area contributed by atoms with E-state index in [4.69, 9.17) is 4.74 Å². The number of ketones is 1. The summed E-state index contributed by atoms with van der Waals surface area (Å²) in [5.41, 5.74) is 1.46. The van der Waals surface area contributed by atoms with Crippen LogP contribution in [0, 0.1) is 12.8 Å². The maximum Gasteiger partial charge on any atom is 0.412 e. The summed E-state index contributed by atoms with van der Waals surface area (Å²) in [6.07, 6.45) is 5.02. The summed E-state index contributed by atoms with van der Waals surface area (Å²) in [6.45, 7) is 6.18. The van der Waals surface area contributed by atoms with Gasteiger partial charge in [-0.1, -0.05) is 0 Å². The number of carbonyl (C=O) groups is 5. The SMILES string of the molecule is Cc1ccnc([C@H]2C[C@@H]2C(=O)CS(=O)(=O)c2ccc(N(Cc3cn4cc(C5CC5)cc(N5CC(=O)N(C)C5=O)c4n3)C(=O)O)cc2NC(=O)OC(C)(C)C)n1. The van der Waals surface area contributed by atoms with Crippen molar-refractivity contribution in [3.05, 3.63) is 71.7 Å². The first kappa shape index (κ1) is 37.4. The van der Waals surface area contributed by atoms with Crippen LogP contribution in [0.15, 0.2) is 53.8 Å². The van der Waals surface area contributed by atoms with E-state index >= 15 is 0 Å². The zero-order valence-corrected chi connectivity index (χ0v) is 31.7. The molecule has 4 aromatic rings. The Labute approximate surface area is 316 Å². The third-order valence-electron chi connectivity index (χ3n) is 9.61. The summed E-state index contributed by atoms with van der Waals surface area (Å²) in [5, 5.41) is 12.8. The second-order valence-electron chi connectivity index (χ2n) is 15.1. The molecule has 1 aromatic carbocycles. The van der Waals surface area contributed by atoms with Crippen LogP contribution in [0.3, 0.4) is 0 Å². The van der Waals surface area contributed by atoms with Gasteiger partial charge in [0.05, 0.1) is 28.5 Å². The number of ether oxygens (including phenoxy) is 1. The van der Waals surface area contributed by atoms with Gasteiger partial charge in [0.2, 0.25) is 5.91 Å². The van der Waals surface area contributed by atoms with Crippen molar-refractivity contribution in [3.8, 4) is 0 Å². The zero-order valence-electron chi connectivity index (χ0n) is 30.8. The standard InChI is InChI=1S/C37H40N8O9S/c1-20-10-11-38-32(39-20)26-14-25(26)29(46)19-55(52,53)30-9-8-24(13-27(30)41-34(48)54-37(2,3)4)44(36(50)51)17-23-16-43-15-22(21-6-7-21)12-28(33(43)40-23)45-18-31(47)42(5)35(45)49/h8-13,15-16,21,25-26H,6-7,14,17-19H2,1-5H3,(H,41,48)(H,50,51)/t25-,26-/m0/s1. The number of hydrogen-bond acceptors (Lipinski definition) is 11. The number of imide groups is 1. The number of imidazole rings is 1. The van der Waals surface area contributed by atoms with Gasteiger partial charge in [-0.15, -0.1) is 0 Å². The number of aryl methyl sites for hydroxylation is 1. The van der Waals surface area contributed by atoms with Gasteiger partial charge in [-0.05, 0) is 88.8 Å². The number of aromatic nitrogens is 4. The highest BCUT2D eigenvalue weighted by atomic mass is 32.2. The Morgan fingerprint density at radius 2 is 1.82 bits per heavy atom. The quantitative estimate of drug-likeness (QED) is 0.195. The molecule has 55 heavy (non-hydrogen) atoms. The number of sulfone groups is 1. The van der Waals surface area contributed by atoms with Gasteiger partial charge in [0.25, 0.3) is 0 Å². The topological polar surface area (TPSA) is 214 Å². The number of likely N-dealkylation sites (N-methyl/N-ethyl adjacent to an activating group) is 1. The van der Waals surface area contributed by atoms with Crippen molar-refractivity contribution in [3.63, 3.8) is 0 Å². The van der Waals surface area contributed by atoms with Gasteiger partial charge >= 0.3 is 18.2 Å². The molecule has 2 N–H and O–H groups in total. The summed E-state index contributed by atoms with van der Waals surface area (Å²) in [6, 6.07) is 6.65. The predicted octanol–water partition coefficient (Wildman–Crippen LogP) is 4.89. The average molecular weight is 773 g/mol. The van der Waals surface area contributed by atoms with Crippen LogP contribution in [0.4, 0.5) is 31.4 Å². The van der Waals surface area contributed by atoms with Gasteiger partial charge in [0, 0.05) is 48.9 Å². The number of amides is 5. The molecule has 0 unspecified atom stereocenters. The Morgan fingerprint density at radius 1 is 1.07 bits per heavy atom. The van der Waals surface area contributed by atoms with Gasteiger partial charge < -0.3 is 14.2 Å². The summed E-state index contributed by atoms with van der Waals surface area (Å²) in [7, 11) is -2.97. The van der Waals surface area contributed by atoms with E-state index in [1.807, 2.05) is 12.3 Å². The summed E-state index contributed by atoms with van der Waals surface area (Å²) >= 11 is 0. The molecule has 1 aliphatic heterocycles. The lowest BCUT2D eigenvalue weighted by Gasteiger charge is -2.22. The van der Waals surface area contributed by atoms with E-state index < -0.39 is 56.0 Å². The Morgan fingerprint density at radius 3 is 2.45 bits per heavy atom. The highest BCUT2D eigenvalue weighted by Gasteiger charge is 2.47. The Bertz CT molecular complexity index is 2380. The van der Waals surface area contributed by atoms with Gasteiger partial charge in [0.15, 0.2) is 21.3 Å². The highest BCUT2D eigenvalue weighted by molar-refractivity contribution is 7.92. The van der Waals surface area contributed by atoms with E-state index in [1.165, 1.54) is 24.1 Å². The number of carboxylic acid groups (broad SMARTS) is 1. The zero-order chi connectivity index (χ0) is 39.6. The number of Topliss-reactive ketones (excluding diaryl/α,β-unsaturated/α-hetero) is 1. The molecule has 2 saturated carbocycles. The lowest BCUT2D eigenvalue weighted by atomic mass is 10.1. The maximum absolute atomic E-state index is 13.8. The number of rotatable bonds is 11. The second-order valence-corrected chi connectivity index (χ2v) is 17.1. The first-order chi connectivity index (χ1) is 25.9. The smallest absolute Gasteiger partial charge is 0.412 e. The lowest BCUT2D eigenvalue weighted by Crippen LogP contribution is -2.30. The molecule has 18 heteroatoms. The fourth-order valence-electron chi connectivity index (χ4n) is 6.61. The predicted molar refractivity (Wildman–Crippen MR) is 198 cm³/mol. The number of urea groups is 1. The molecule has 2 aliphatic carbocycles. The van der Waals surface area contributed by atoms with Gasteiger partial charge in [-0.3, -0.25) is 29.6 Å². The van der Waals surface area contributed by atoms with E-state index in [9.17, 15) is 37.5 Å². The molecule has 7 rings (SSSR count). The van der Waals surface area contributed by atoms with Crippen molar-refractivity contribution < 1.29 is 42.2 Å². The molecule has 0 spiro atoms. The molecule has 0 radical (unpaired) electrons. The van der Waals surface area contributed by atoms with E-state index in [0.717, 1.165) is 40.0 Å². The van der Waals surface area contributed by atoms with Crippen molar-refractivity contribution in [2.75, 3.05) is 34.5 Å². The largest absolute Gasteiger partial charge is 0.465 e. The minimum absolute atomic E-state index is 0.0134. The first-order valence-corrected chi connectivity index (χ1v) is 19.3. The molecule has 1 saturated heterocycles. The fraction of sp³-hybridized carbons (Fsp3) is 0.405. The van der Waals surface area contributed by atoms with Gasteiger partial charge in [0.1, 0.15) is 23.7 Å². The lowest BCUT2D eigenvalue weighted by molar-refractivity contribution is -0.124. The number of hydrogen-bond donors (Lipinski definition) is 2. The Kier molecular flexibility index (Phi) is 9.35. The van der Waals surface area contributed by atoms with Crippen molar-refractivity contribution in [1.29, 1.82) is 0 Å². The molecule has 5 amide bonds. The van der Waals surface area contributed by atoms with Crippen molar-refractivity contribution in [1.82, 2.24) is 24.3 Å². The summed E-state index contributed by atoms with van der Waals surface area (Å²) in [4.78, 5) is 80.5. The van der Waals surface area contributed by atoms with Crippen LogP contribution in [0.25, 0.3) is 5.65 Å². The number of nitrogens with one attached hydrogen (secondary N) is 1. The third-order valence-corrected chi connectivity index (χ3v) is 11.3. The van der Waals surface area contributed by atoms with Gasteiger partial charge in [-0.25, -0.2) is 37.8 Å². The average Bonchev–Trinajstić information content (AvgIpc) is 4.03.